The highest BCUT2D eigenvalue weighted by Crippen LogP contribution is 2.25. The molecule has 1 aliphatic heterocycles. The van der Waals surface area contributed by atoms with Gasteiger partial charge in [-0.15, -0.1) is 0 Å². The van der Waals surface area contributed by atoms with Gasteiger partial charge in [0.15, 0.2) is 5.76 Å². The van der Waals surface area contributed by atoms with Crippen LogP contribution < -0.4 is 10.6 Å². The Morgan fingerprint density at radius 2 is 1.68 bits per heavy atom. The van der Waals surface area contributed by atoms with Gasteiger partial charge < -0.3 is 19.8 Å². The first-order chi connectivity index (χ1) is 18.7. The van der Waals surface area contributed by atoms with Crippen molar-refractivity contribution < 1.29 is 18.7 Å². The van der Waals surface area contributed by atoms with Crippen LogP contribution in [0.1, 0.15) is 16.1 Å². The largest absolute Gasteiger partial charge is 0.459 e. The molecule has 3 heterocycles. The summed E-state index contributed by atoms with van der Waals surface area (Å²) in [6.07, 6.45) is 4.91. The van der Waals surface area contributed by atoms with Gasteiger partial charge in [-0.05, 0) is 30.3 Å². The van der Waals surface area contributed by atoms with E-state index in [0.717, 1.165) is 24.3 Å². The molecule has 9 nitrogen and oxygen atoms in total. The molecule has 1 saturated heterocycles. The smallest absolute Gasteiger partial charge is 0.291 e. The third-order valence-corrected chi connectivity index (χ3v) is 6.17. The molecule has 0 atom stereocenters. The Morgan fingerprint density at radius 1 is 0.947 bits per heavy atom. The van der Waals surface area contributed by atoms with Crippen molar-refractivity contribution in [1.29, 1.82) is 0 Å². The van der Waals surface area contributed by atoms with Crippen LogP contribution in [-0.2, 0) is 9.53 Å². The van der Waals surface area contributed by atoms with E-state index >= 15 is 0 Å². The molecule has 5 rings (SSSR count). The number of aromatic nitrogens is 2. The Balaban J connectivity index is 1.46. The van der Waals surface area contributed by atoms with Crippen LogP contribution in [0, 0.1) is 0 Å². The summed E-state index contributed by atoms with van der Waals surface area (Å²) in [6, 6.07) is 22.6. The minimum Gasteiger partial charge on any atom is -0.459 e. The zero-order valence-corrected chi connectivity index (χ0v) is 20.9. The SMILES string of the molecule is O=C(NCCN1CCOCC1)C(=Cc1cn(-c2ccccc2)nc1-c1ccccc1)NC(=O)c1ccco1. The number of para-hydroxylation sites is 1. The van der Waals surface area contributed by atoms with Crippen molar-refractivity contribution in [2.75, 3.05) is 39.4 Å². The topological polar surface area (TPSA) is 102 Å². The van der Waals surface area contributed by atoms with Crippen molar-refractivity contribution in [3.8, 4) is 16.9 Å². The third-order valence-electron chi connectivity index (χ3n) is 6.17. The van der Waals surface area contributed by atoms with Gasteiger partial charge in [0.1, 0.15) is 11.4 Å². The van der Waals surface area contributed by atoms with Gasteiger partial charge in [-0.1, -0.05) is 48.5 Å². The summed E-state index contributed by atoms with van der Waals surface area (Å²) in [6.45, 7) is 4.15. The minimum atomic E-state index is -0.513. The Kier molecular flexibility index (Phi) is 8.07. The van der Waals surface area contributed by atoms with E-state index in [2.05, 4.69) is 15.5 Å². The van der Waals surface area contributed by atoms with Crippen LogP contribution in [0.3, 0.4) is 0 Å². The van der Waals surface area contributed by atoms with Crippen LogP contribution >= 0.6 is 0 Å². The third kappa shape index (κ3) is 6.26. The fourth-order valence-corrected chi connectivity index (χ4v) is 4.18. The lowest BCUT2D eigenvalue weighted by molar-refractivity contribution is -0.117. The van der Waals surface area contributed by atoms with Crippen LogP contribution in [0.4, 0.5) is 0 Å². The molecule has 0 saturated carbocycles. The maximum absolute atomic E-state index is 13.3. The van der Waals surface area contributed by atoms with E-state index in [1.165, 1.54) is 6.26 Å². The van der Waals surface area contributed by atoms with Crippen LogP contribution in [0.25, 0.3) is 23.0 Å². The number of hydrogen-bond acceptors (Lipinski definition) is 6. The van der Waals surface area contributed by atoms with E-state index in [4.69, 9.17) is 14.3 Å². The predicted molar refractivity (Wildman–Crippen MR) is 143 cm³/mol. The summed E-state index contributed by atoms with van der Waals surface area (Å²) < 4.78 is 12.4. The van der Waals surface area contributed by atoms with Gasteiger partial charge in [-0.3, -0.25) is 14.5 Å². The van der Waals surface area contributed by atoms with Crippen molar-refractivity contribution in [2.45, 2.75) is 0 Å². The Labute approximate surface area is 220 Å². The fourth-order valence-electron chi connectivity index (χ4n) is 4.18. The van der Waals surface area contributed by atoms with E-state index < -0.39 is 11.8 Å². The molecule has 4 aromatic rings. The molecule has 0 unspecified atom stereocenters. The maximum atomic E-state index is 13.3. The van der Waals surface area contributed by atoms with Gasteiger partial charge in [0.05, 0.1) is 25.2 Å². The first-order valence-corrected chi connectivity index (χ1v) is 12.5. The first kappa shape index (κ1) is 25.2. The van der Waals surface area contributed by atoms with E-state index in [0.29, 0.717) is 37.6 Å². The number of hydrogen-bond donors (Lipinski definition) is 2. The molecule has 2 aromatic heterocycles. The lowest BCUT2D eigenvalue weighted by atomic mass is 10.1. The summed E-state index contributed by atoms with van der Waals surface area (Å²) in [7, 11) is 0. The second-order valence-corrected chi connectivity index (χ2v) is 8.78. The number of nitrogens with zero attached hydrogens (tertiary/aromatic N) is 3. The Morgan fingerprint density at radius 3 is 2.39 bits per heavy atom. The molecular formula is C29H29N5O4. The van der Waals surface area contributed by atoms with Crippen LogP contribution in [0.2, 0.25) is 0 Å². The van der Waals surface area contributed by atoms with Gasteiger partial charge in [-0.25, -0.2) is 4.68 Å². The molecule has 0 bridgehead atoms. The van der Waals surface area contributed by atoms with Crippen LogP contribution in [0.5, 0.6) is 0 Å². The van der Waals surface area contributed by atoms with E-state index in [-0.39, 0.29) is 11.5 Å². The molecule has 9 heteroatoms. The van der Waals surface area contributed by atoms with Gasteiger partial charge in [0.25, 0.3) is 11.8 Å². The minimum absolute atomic E-state index is 0.0955. The van der Waals surface area contributed by atoms with Crippen LogP contribution in [0.15, 0.2) is 95.4 Å². The molecule has 2 aromatic carbocycles. The molecule has 1 fully saturated rings. The molecule has 2 N–H and O–H groups in total. The Bertz CT molecular complexity index is 1380. The van der Waals surface area contributed by atoms with E-state index in [1.807, 2.05) is 66.9 Å². The molecule has 0 spiro atoms. The van der Waals surface area contributed by atoms with E-state index in [1.54, 1.807) is 22.9 Å². The van der Waals surface area contributed by atoms with Crippen molar-refractivity contribution in [3.63, 3.8) is 0 Å². The maximum Gasteiger partial charge on any atom is 0.291 e. The average molecular weight is 512 g/mol. The van der Waals surface area contributed by atoms with E-state index in [9.17, 15) is 9.59 Å². The number of carbonyl (C=O) groups excluding carboxylic acids is 2. The van der Waals surface area contributed by atoms with Crippen molar-refractivity contribution in [3.05, 3.63) is 102 Å². The normalized spacial score (nSPS) is 14.3. The average Bonchev–Trinajstić information content (AvgIpc) is 3.65. The summed E-state index contributed by atoms with van der Waals surface area (Å²) in [4.78, 5) is 28.4. The summed E-state index contributed by atoms with van der Waals surface area (Å²) in [5.74, 6) is -0.800. The summed E-state index contributed by atoms with van der Waals surface area (Å²) >= 11 is 0. The predicted octanol–water partition coefficient (Wildman–Crippen LogP) is 3.35. The van der Waals surface area contributed by atoms with Crippen molar-refractivity contribution in [1.82, 2.24) is 25.3 Å². The molecular weight excluding hydrogens is 482 g/mol. The number of amides is 2. The summed E-state index contributed by atoms with van der Waals surface area (Å²) in [5, 5.41) is 10.5. The van der Waals surface area contributed by atoms with Gasteiger partial charge in [0, 0.05) is 43.5 Å². The van der Waals surface area contributed by atoms with Crippen molar-refractivity contribution >= 4 is 17.9 Å². The highest BCUT2D eigenvalue weighted by molar-refractivity contribution is 6.04. The lowest BCUT2D eigenvalue weighted by Crippen LogP contribution is -2.42. The number of rotatable bonds is 9. The fraction of sp³-hybridized carbons (Fsp3) is 0.207. The number of carbonyl (C=O) groups is 2. The first-order valence-electron chi connectivity index (χ1n) is 12.5. The quantitative estimate of drug-likeness (QED) is 0.334. The number of benzene rings is 2. The van der Waals surface area contributed by atoms with Gasteiger partial charge >= 0.3 is 0 Å². The van der Waals surface area contributed by atoms with Gasteiger partial charge in [-0.2, -0.15) is 5.10 Å². The molecule has 0 aliphatic carbocycles. The van der Waals surface area contributed by atoms with Crippen molar-refractivity contribution in [2.24, 2.45) is 0 Å². The van der Waals surface area contributed by atoms with Gasteiger partial charge in [0.2, 0.25) is 0 Å². The molecule has 2 amide bonds. The number of morpholine rings is 1. The monoisotopic (exact) mass is 511 g/mol. The number of ether oxygens (including phenoxy) is 1. The molecule has 194 valence electrons. The molecule has 0 radical (unpaired) electrons. The standard InChI is InChI=1S/C29H29N5O4/c35-28(30-13-14-33-15-18-37-19-16-33)25(31-29(36)26-12-7-17-38-26)20-23-21-34(24-10-5-2-6-11-24)32-27(23)22-8-3-1-4-9-22/h1-12,17,20-21H,13-16,18-19H2,(H,30,35)(H,31,36). The molecule has 1 aliphatic rings. The second kappa shape index (κ2) is 12.2. The highest BCUT2D eigenvalue weighted by Gasteiger charge is 2.19. The number of nitrogens with one attached hydrogen (secondary N) is 2. The zero-order chi connectivity index (χ0) is 26.2. The highest BCUT2D eigenvalue weighted by atomic mass is 16.5. The Hall–Kier alpha value is -4.47. The zero-order valence-electron chi connectivity index (χ0n) is 20.9. The summed E-state index contributed by atoms with van der Waals surface area (Å²) in [5.41, 5.74) is 3.22. The lowest BCUT2D eigenvalue weighted by Gasteiger charge is -2.26. The van der Waals surface area contributed by atoms with Crippen LogP contribution in [-0.4, -0.2) is 65.9 Å². The second-order valence-electron chi connectivity index (χ2n) is 8.78. The number of furan rings is 1. The molecule has 38 heavy (non-hydrogen) atoms.